The van der Waals surface area contributed by atoms with Crippen LogP contribution >= 0.6 is 0 Å². The van der Waals surface area contributed by atoms with Crippen LogP contribution in [0, 0.1) is 0 Å². The smallest absolute Gasteiger partial charge is 0.123 e. The molecule has 1 aromatic rings. The monoisotopic (exact) mass is 238 g/mol. The van der Waals surface area contributed by atoms with E-state index in [0.717, 1.165) is 0 Å². The number of benzene rings is 1. The van der Waals surface area contributed by atoms with Crippen LogP contribution in [-0.4, -0.2) is 33.8 Å². The fourth-order valence-electron chi connectivity index (χ4n) is 1.65. The molecule has 1 heterocycles. The van der Waals surface area contributed by atoms with Crippen molar-refractivity contribution in [3.63, 3.8) is 0 Å². The van der Waals surface area contributed by atoms with Crippen LogP contribution in [0.1, 0.15) is 5.56 Å². The summed E-state index contributed by atoms with van der Waals surface area (Å²) in [5.41, 5.74) is 7.76. The Balaban J connectivity index is 2.46. The van der Waals surface area contributed by atoms with E-state index in [9.17, 15) is 10.4 Å². The lowest BCUT2D eigenvalue weighted by Crippen LogP contribution is -2.36. The van der Waals surface area contributed by atoms with Crippen LogP contribution in [0.15, 0.2) is 18.3 Å². The summed E-state index contributed by atoms with van der Waals surface area (Å²) in [6, 6.07) is 3.35. The lowest BCUT2D eigenvalue weighted by Gasteiger charge is -2.30. The number of nitrogens with two attached hydrogens (primary N) is 1. The fourth-order valence-corrected chi connectivity index (χ4v) is 1.65. The van der Waals surface area contributed by atoms with Gasteiger partial charge in [0.2, 0.25) is 0 Å². The summed E-state index contributed by atoms with van der Waals surface area (Å²) in [5, 5.41) is 31.9. The van der Waals surface area contributed by atoms with Crippen molar-refractivity contribution >= 4 is 23.1 Å². The number of nitrogens with one attached hydrogen (secondary N) is 1. The second kappa shape index (κ2) is 4.50. The highest BCUT2D eigenvalue weighted by molar-refractivity contribution is 5.87. The molecule has 0 unspecified atom stereocenters. The van der Waals surface area contributed by atoms with Gasteiger partial charge in [-0.15, -0.1) is 10.3 Å². The minimum absolute atomic E-state index is 0.0384. The van der Waals surface area contributed by atoms with E-state index in [2.05, 4.69) is 5.32 Å². The maximum atomic E-state index is 9.73. The largest absolute Gasteiger partial charge is 0.398 e. The Morgan fingerprint density at radius 3 is 2.76 bits per heavy atom. The maximum absolute atomic E-state index is 9.73. The minimum atomic E-state index is -0.0384. The molecule has 0 bridgehead atoms. The number of hydroxylamine groups is 1. The molecular formula is C10H14N4O3. The van der Waals surface area contributed by atoms with Gasteiger partial charge in [0.1, 0.15) is 5.69 Å². The van der Waals surface area contributed by atoms with E-state index in [0.29, 0.717) is 39.5 Å². The van der Waals surface area contributed by atoms with Crippen LogP contribution < -0.4 is 16.2 Å². The molecule has 92 valence electrons. The van der Waals surface area contributed by atoms with Crippen LogP contribution in [0.4, 0.5) is 17.1 Å². The quantitative estimate of drug-likeness (QED) is 0.487. The number of fused-ring (bicyclic) bond motifs is 1. The van der Waals surface area contributed by atoms with Gasteiger partial charge in [0.15, 0.2) is 0 Å². The van der Waals surface area contributed by atoms with Gasteiger partial charge in [0.25, 0.3) is 0 Å². The molecule has 6 N–H and O–H groups in total. The third-order valence-corrected chi connectivity index (χ3v) is 2.45. The molecule has 17 heavy (non-hydrogen) atoms. The zero-order chi connectivity index (χ0) is 12.4. The zero-order valence-electron chi connectivity index (χ0n) is 9.04. The van der Waals surface area contributed by atoms with Crippen molar-refractivity contribution in [2.45, 2.75) is 0 Å². The van der Waals surface area contributed by atoms with Gasteiger partial charge in [0.05, 0.1) is 18.5 Å². The number of aliphatic hydroxyl groups excluding tert-OH is 1. The number of nitrogens with zero attached hydrogens (tertiary/aromatic N) is 2. The maximum Gasteiger partial charge on any atom is 0.123 e. The average molecular weight is 238 g/mol. The summed E-state index contributed by atoms with van der Waals surface area (Å²) in [4.78, 5) is 0. The van der Waals surface area contributed by atoms with E-state index >= 15 is 0 Å². The van der Waals surface area contributed by atoms with Gasteiger partial charge in [-0.2, -0.15) is 0 Å². The lowest BCUT2D eigenvalue weighted by molar-refractivity contribution is -0.122. The van der Waals surface area contributed by atoms with Gasteiger partial charge in [-0.3, -0.25) is 10.4 Å². The first-order valence-electron chi connectivity index (χ1n) is 5.07. The molecule has 0 aliphatic carbocycles. The second-order valence-electron chi connectivity index (χ2n) is 3.54. The SMILES string of the molecule is Nc1ccc(NCCO)c2c1C=CN(O)N2O. The van der Waals surface area contributed by atoms with Crippen LogP contribution in [0.25, 0.3) is 6.08 Å². The number of nitrogen functional groups attached to an aromatic ring is 1. The number of hydrogen-bond acceptors (Lipinski definition) is 7. The third-order valence-electron chi connectivity index (χ3n) is 2.45. The van der Waals surface area contributed by atoms with E-state index in [1.165, 1.54) is 6.20 Å². The summed E-state index contributed by atoms with van der Waals surface area (Å²) >= 11 is 0. The van der Waals surface area contributed by atoms with Crippen molar-refractivity contribution in [3.05, 3.63) is 23.9 Å². The van der Waals surface area contributed by atoms with Gasteiger partial charge in [-0.25, -0.2) is 0 Å². The predicted octanol–water partition coefficient (Wildman–Crippen LogP) is 0.459. The molecule has 2 rings (SSSR count). The molecule has 0 radical (unpaired) electrons. The highest BCUT2D eigenvalue weighted by atomic mass is 16.7. The second-order valence-corrected chi connectivity index (χ2v) is 3.54. The Labute approximate surface area is 97.9 Å². The number of anilines is 3. The van der Waals surface area contributed by atoms with Crippen LogP contribution in [0.5, 0.6) is 0 Å². The van der Waals surface area contributed by atoms with Crippen molar-refractivity contribution in [2.24, 2.45) is 0 Å². The van der Waals surface area contributed by atoms with E-state index in [1.54, 1.807) is 18.2 Å². The summed E-state index contributed by atoms with van der Waals surface area (Å²) in [7, 11) is 0. The first kappa shape index (κ1) is 11.5. The molecule has 0 aromatic heterocycles. The van der Waals surface area contributed by atoms with E-state index < -0.39 is 0 Å². The standard InChI is InChI=1S/C10H14N4O3/c11-8-1-2-9(12-4-6-15)10-7(8)3-5-13(16)14(10)17/h1-3,5,12,15-17H,4,6,11H2. The number of hydrazine groups is 1. The van der Waals surface area contributed by atoms with Gasteiger partial charge in [-0.1, -0.05) is 0 Å². The summed E-state index contributed by atoms with van der Waals surface area (Å²) in [5.74, 6) is 0. The summed E-state index contributed by atoms with van der Waals surface area (Å²) < 4.78 is 0. The Morgan fingerprint density at radius 2 is 2.06 bits per heavy atom. The molecule has 0 spiro atoms. The normalized spacial score (nSPS) is 13.8. The highest BCUT2D eigenvalue weighted by Gasteiger charge is 2.22. The number of aliphatic hydroxyl groups is 1. The first-order chi connectivity index (χ1) is 8.15. The molecule has 1 aromatic carbocycles. The van der Waals surface area contributed by atoms with Crippen LogP contribution in [-0.2, 0) is 0 Å². The summed E-state index contributed by atoms with van der Waals surface area (Å²) in [6.45, 7) is 0.294. The van der Waals surface area contributed by atoms with E-state index in [-0.39, 0.29) is 6.61 Å². The van der Waals surface area contributed by atoms with Crippen molar-refractivity contribution in [3.8, 4) is 0 Å². The molecule has 0 fully saturated rings. The molecular weight excluding hydrogens is 224 g/mol. The third kappa shape index (κ3) is 1.98. The molecule has 7 heteroatoms. The van der Waals surface area contributed by atoms with Crippen LogP contribution in [0.3, 0.4) is 0 Å². The topological polar surface area (TPSA) is 105 Å². The highest BCUT2D eigenvalue weighted by Crippen LogP contribution is 2.37. The number of hydrogen-bond donors (Lipinski definition) is 5. The Bertz CT molecular complexity index is 449. The Morgan fingerprint density at radius 1 is 1.29 bits per heavy atom. The molecule has 1 aliphatic rings. The van der Waals surface area contributed by atoms with Gasteiger partial charge in [0, 0.05) is 17.8 Å². The minimum Gasteiger partial charge on any atom is -0.398 e. The van der Waals surface area contributed by atoms with E-state index in [4.69, 9.17) is 10.8 Å². The van der Waals surface area contributed by atoms with Gasteiger partial charge >= 0.3 is 0 Å². The molecule has 0 amide bonds. The van der Waals surface area contributed by atoms with Gasteiger partial charge in [-0.05, 0) is 18.2 Å². The fraction of sp³-hybridized carbons (Fsp3) is 0.200. The average Bonchev–Trinajstić information content (AvgIpc) is 2.33. The van der Waals surface area contributed by atoms with Crippen molar-refractivity contribution in [2.75, 3.05) is 29.4 Å². The summed E-state index contributed by atoms with van der Waals surface area (Å²) in [6.07, 6.45) is 2.86. The Kier molecular flexibility index (Phi) is 3.05. The van der Waals surface area contributed by atoms with E-state index in [1.807, 2.05) is 0 Å². The molecule has 0 atom stereocenters. The van der Waals surface area contributed by atoms with Crippen molar-refractivity contribution in [1.82, 2.24) is 5.17 Å². The van der Waals surface area contributed by atoms with Crippen molar-refractivity contribution < 1.29 is 15.5 Å². The van der Waals surface area contributed by atoms with Crippen molar-refractivity contribution in [1.29, 1.82) is 0 Å². The lowest BCUT2D eigenvalue weighted by atomic mass is 10.1. The Hall–Kier alpha value is -1.96. The molecule has 0 saturated carbocycles. The zero-order valence-corrected chi connectivity index (χ0v) is 9.04. The first-order valence-corrected chi connectivity index (χ1v) is 5.07. The van der Waals surface area contributed by atoms with Gasteiger partial charge < -0.3 is 16.2 Å². The molecule has 7 nitrogen and oxygen atoms in total. The van der Waals surface area contributed by atoms with Crippen LogP contribution in [0.2, 0.25) is 0 Å². The predicted molar refractivity (Wildman–Crippen MR) is 63.4 cm³/mol. The molecule has 1 aliphatic heterocycles. The number of rotatable bonds is 3. The molecule has 0 saturated heterocycles.